The Balaban J connectivity index is 1.48. The minimum absolute atomic E-state index is 0.112. The van der Waals surface area contributed by atoms with E-state index in [2.05, 4.69) is 9.55 Å². The van der Waals surface area contributed by atoms with Gasteiger partial charge in [0.25, 0.3) is 5.56 Å². The summed E-state index contributed by atoms with van der Waals surface area (Å²) >= 11 is 0. The van der Waals surface area contributed by atoms with Crippen molar-refractivity contribution in [2.45, 2.75) is 46.3 Å². The van der Waals surface area contributed by atoms with E-state index in [4.69, 9.17) is 4.74 Å². The summed E-state index contributed by atoms with van der Waals surface area (Å²) in [6.45, 7) is 8.76. The molecule has 7 nitrogen and oxygen atoms in total. The molecule has 3 aromatic heterocycles. The molecule has 35 heavy (non-hydrogen) atoms. The molecule has 0 bridgehead atoms. The number of ether oxygens (including phenoxy) is 1. The van der Waals surface area contributed by atoms with Gasteiger partial charge in [-0.05, 0) is 57.5 Å². The van der Waals surface area contributed by atoms with Gasteiger partial charge in [0.15, 0.2) is 0 Å². The average molecular weight is 471 g/mol. The van der Waals surface area contributed by atoms with Crippen molar-refractivity contribution in [3.05, 3.63) is 82.0 Å². The highest BCUT2D eigenvalue weighted by molar-refractivity contribution is 5.88. The molecule has 1 amide bonds. The van der Waals surface area contributed by atoms with Crippen LogP contribution in [0.2, 0.25) is 0 Å². The Kier molecular flexibility index (Phi) is 5.50. The molecule has 4 aromatic rings. The van der Waals surface area contributed by atoms with Crippen LogP contribution in [0.25, 0.3) is 27.8 Å². The van der Waals surface area contributed by atoms with E-state index in [0.29, 0.717) is 13.1 Å². The van der Waals surface area contributed by atoms with Gasteiger partial charge in [-0.1, -0.05) is 12.1 Å². The van der Waals surface area contributed by atoms with Gasteiger partial charge in [-0.15, -0.1) is 0 Å². The van der Waals surface area contributed by atoms with Crippen molar-refractivity contribution in [3.8, 4) is 16.9 Å². The Morgan fingerprint density at radius 3 is 2.57 bits per heavy atom. The van der Waals surface area contributed by atoms with Crippen LogP contribution in [-0.4, -0.2) is 37.3 Å². The third-order valence-electron chi connectivity index (χ3n) is 6.45. The number of carbonyl (C=O) groups is 1. The van der Waals surface area contributed by atoms with E-state index in [1.807, 2.05) is 71.1 Å². The van der Waals surface area contributed by atoms with E-state index in [1.165, 1.54) is 5.69 Å². The van der Waals surface area contributed by atoms with Crippen molar-refractivity contribution in [2.75, 3.05) is 6.54 Å². The maximum atomic E-state index is 13.0. The molecule has 0 saturated carbocycles. The van der Waals surface area contributed by atoms with Crippen LogP contribution in [-0.2, 0) is 24.8 Å². The second-order valence-corrected chi connectivity index (χ2v) is 10.2. The number of carbonyl (C=O) groups excluding carboxylic acids is 1. The normalized spacial score (nSPS) is 13.7. The molecule has 7 heteroatoms. The van der Waals surface area contributed by atoms with E-state index in [0.717, 1.165) is 45.4 Å². The highest BCUT2D eigenvalue weighted by atomic mass is 16.6. The number of hydrogen-bond acceptors (Lipinski definition) is 4. The number of fused-ring (bicyclic) bond motifs is 3. The molecule has 0 unspecified atom stereocenters. The molecule has 0 fully saturated rings. The number of amides is 1. The van der Waals surface area contributed by atoms with Crippen LogP contribution in [0.15, 0.2) is 59.7 Å². The highest BCUT2D eigenvalue weighted by Gasteiger charge is 2.29. The smallest absolute Gasteiger partial charge is 0.410 e. The van der Waals surface area contributed by atoms with Gasteiger partial charge in [-0.2, -0.15) is 0 Å². The lowest BCUT2D eigenvalue weighted by atomic mass is 10.0. The standard InChI is InChI=1S/C28H30N4O3/c1-18-6-9-23(29-16-18)19-10-13-32(26(33)14-19)20-7-8-21-22-17-31(27(34)35-28(2,3)4)12-11-24(22)30(5)25(21)15-20/h6-10,13-16H,11-12,17H2,1-5H3. The minimum Gasteiger partial charge on any atom is -0.444 e. The van der Waals surface area contributed by atoms with Gasteiger partial charge in [-0.3, -0.25) is 14.3 Å². The first kappa shape index (κ1) is 22.9. The second kappa shape index (κ2) is 8.41. The van der Waals surface area contributed by atoms with Crippen LogP contribution in [0, 0.1) is 6.92 Å². The van der Waals surface area contributed by atoms with Gasteiger partial charge in [0.05, 0.1) is 23.4 Å². The van der Waals surface area contributed by atoms with Crippen LogP contribution in [0.3, 0.4) is 0 Å². The van der Waals surface area contributed by atoms with Gasteiger partial charge >= 0.3 is 6.09 Å². The van der Waals surface area contributed by atoms with Crippen molar-refractivity contribution >= 4 is 17.0 Å². The van der Waals surface area contributed by atoms with Crippen LogP contribution in [0.4, 0.5) is 4.79 Å². The predicted molar refractivity (Wildman–Crippen MR) is 137 cm³/mol. The number of hydrogen-bond donors (Lipinski definition) is 0. The lowest BCUT2D eigenvalue weighted by Crippen LogP contribution is -2.40. The van der Waals surface area contributed by atoms with Crippen molar-refractivity contribution in [2.24, 2.45) is 7.05 Å². The summed E-state index contributed by atoms with van der Waals surface area (Å²) < 4.78 is 9.41. The van der Waals surface area contributed by atoms with Crippen LogP contribution in [0.5, 0.6) is 0 Å². The van der Waals surface area contributed by atoms with Crippen molar-refractivity contribution in [1.82, 2.24) is 19.0 Å². The highest BCUT2D eigenvalue weighted by Crippen LogP contribution is 2.32. The molecule has 0 spiro atoms. The van der Waals surface area contributed by atoms with Crippen LogP contribution < -0.4 is 5.56 Å². The summed E-state index contributed by atoms with van der Waals surface area (Å²) in [5.41, 5.74) is 6.20. The number of nitrogens with zero attached hydrogens (tertiary/aromatic N) is 4. The lowest BCUT2D eigenvalue weighted by Gasteiger charge is -2.30. The molecule has 4 heterocycles. The monoisotopic (exact) mass is 470 g/mol. The van der Waals surface area contributed by atoms with Crippen molar-refractivity contribution < 1.29 is 9.53 Å². The SMILES string of the molecule is Cc1ccc(-c2ccn(-c3ccc4c5c(n(C)c4c3)CCN(C(=O)OC(C)(C)C)C5)c(=O)c2)nc1. The number of pyridine rings is 2. The molecule has 1 aromatic carbocycles. The predicted octanol–water partition coefficient (Wildman–Crippen LogP) is 4.99. The fourth-order valence-electron chi connectivity index (χ4n) is 4.68. The quantitative estimate of drug-likeness (QED) is 0.414. The summed E-state index contributed by atoms with van der Waals surface area (Å²) in [7, 11) is 2.04. The molecular weight excluding hydrogens is 440 g/mol. The first-order valence-corrected chi connectivity index (χ1v) is 11.8. The van der Waals surface area contributed by atoms with Gasteiger partial charge in [0, 0.05) is 60.7 Å². The molecule has 0 aliphatic carbocycles. The van der Waals surface area contributed by atoms with Gasteiger partial charge in [0.1, 0.15) is 5.60 Å². The Morgan fingerprint density at radius 1 is 1.09 bits per heavy atom. The van der Waals surface area contributed by atoms with Gasteiger partial charge in [0.2, 0.25) is 0 Å². The second-order valence-electron chi connectivity index (χ2n) is 10.2. The zero-order chi connectivity index (χ0) is 24.9. The molecule has 0 atom stereocenters. The number of rotatable bonds is 2. The topological polar surface area (TPSA) is 69.4 Å². The third kappa shape index (κ3) is 4.34. The number of aryl methyl sites for hydroxylation is 2. The maximum Gasteiger partial charge on any atom is 0.410 e. The van der Waals surface area contributed by atoms with E-state index in [1.54, 1.807) is 27.9 Å². The van der Waals surface area contributed by atoms with Gasteiger partial charge in [-0.25, -0.2) is 4.79 Å². The molecular formula is C28H30N4O3. The lowest BCUT2D eigenvalue weighted by molar-refractivity contribution is 0.0223. The molecule has 0 N–H and O–H groups in total. The summed E-state index contributed by atoms with van der Waals surface area (Å²) in [5.74, 6) is 0. The first-order valence-electron chi connectivity index (χ1n) is 11.8. The number of benzene rings is 1. The first-order chi connectivity index (χ1) is 16.6. The number of aromatic nitrogens is 3. The van der Waals surface area contributed by atoms with E-state index in [9.17, 15) is 9.59 Å². The maximum absolute atomic E-state index is 13.0. The summed E-state index contributed by atoms with van der Waals surface area (Å²) in [6, 6.07) is 13.5. The van der Waals surface area contributed by atoms with Crippen molar-refractivity contribution in [3.63, 3.8) is 0 Å². The van der Waals surface area contributed by atoms with E-state index in [-0.39, 0.29) is 11.7 Å². The minimum atomic E-state index is -0.524. The van der Waals surface area contributed by atoms with E-state index < -0.39 is 5.60 Å². The fraction of sp³-hybridized carbons (Fsp3) is 0.321. The third-order valence-corrected chi connectivity index (χ3v) is 6.45. The van der Waals surface area contributed by atoms with Crippen molar-refractivity contribution in [1.29, 1.82) is 0 Å². The molecule has 0 saturated heterocycles. The van der Waals surface area contributed by atoms with E-state index >= 15 is 0 Å². The molecule has 5 rings (SSSR count). The Bertz CT molecular complexity index is 1490. The largest absolute Gasteiger partial charge is 0.444 e. The fourth-order valence-corrected chi connectivity index (χ4v) is 4.68. The summed E-state index contributed by atoms with van der Waals surface area (Å²) in [4.78, 5) is 31.8. The summed E-state index contributed by atoms with van der Waals surface area (Å²) in [6.07, 6.45) is 4.07. The van der Waals surface area contributed by atoms with Crippen LogP contribution in [0.1, 0.15) is 37.6 Å². The zero-order valence-electron chi connectivity index (χ0n) is 20.8. The summed E-state index contributed by atoms with van der Waals surface area (Å²) in [5, 5.41) is 1.09. The van der Waals surface area contributed by atoms with Crippen LogP contribution >= 0.6 is 0 Å². The molecule has 1 aliphatic heterocycles. The molecule has 180 valence electrons. The Labute approximate surface area is 204 Å². The zero-order valence-corrected chi connectivity index (χ0v) is 20.8. The Hall–Kier alpha value is -3.87. The Morgan fingerprint density at radius 2 is 1.89 bits per heavy atom. The van der Waals surface area contributed by atoms with Gasteiger partial charge < -0.3 is 14.2 Å². The molecule has 1 aliphatic rings. The average Bonchev–Trinajstić information content (AvgIpc) is 3.09. The molecule has 0 radical (unpaired) electrons.